The molecule has 0 amide bonds. The first-order valence-electron chi connectivity index (χ1n) is 4.24. The molecular formula is C9H12O4Y. The van der Waals surface area contributed by atoms with E-state index in [0.29, 0.717) is 5.57 Å². The van der Waals surface area contributed by atoms with E-state index in [1.165, 1.54) is 6.08 Å². The van der Waals surface area contributed by atoms with E-state index >= 15 is 0 Å². The smallest absolute Gasteiger partial charge is 0.187 e. The number of ketones is 1. The minimum Gasteiger partial charge on any atom is -0.392 e. The van der Waals surface area contributed by atoms with Crippen molar-refractivity contribution in [3.8, 4) is 0 Å². The third kappa shape index (κ3) is 2.00. The molecule has 0 saturated carbocycles. The van der Waals surface area contributed by atoms with Crippen LogP contribution in [0.25, 0.3) is 0 Å². The standard InChI is InChI=1S/C9H12O4.Y/c1-9(2)12-7-5(4-10)3-6(11)8(7)13-9;/h3,7-8,10H,4H2,1-2H3;/t7-,8?;/m1./s1. The molecule has 0 aromatic heterocycles. The van der Waals surface area contributed by atoms with Gasteiger partial charge in [0.1, 0.15) is 6.10 Å². The number of aliphatic hydroxyl groups is 1. The Bertz CT molecular complexity index is 285. The van der Waals surface area contributed by atoms with E-state index in [1.54, 1.807) is 13.8 Å². The van der Waals surface area contributed by atoms with E-state index in [4.69, 9.17) is 14.6 Å². The zero-order valence-corrected chi connectivity index (χ0v) is 11.0. The largest absolute Gasteiger partial charge is 0.392 e. The summed E-state index contributed by atoms with van der Waals surface area (Å²) in [5.41, 5.74) is 0.612. The molecule has 5 heteroatoms. The molecule has 0 aromatic carbocycles. The molecule has 0 aromatic rings. The fourth-order valence-corrected chi connectivity index (χ4v) is 1.72. The van der Waals surface area contributed by atoms with Crippen LogP contribution in [-0.2, 0) is 47.0 Å². The Labute approximate surface area is 108 Å². The van der Waals surface area contributed by atoms with Crippen molar-refractivity contribution in [2.24, 2.45) is 0 Å². The van der Waals surface area contributed by atoms with Gasteiger partial charge in [-0.15, -0.1) is 0 Å². The third-order valence-electron chi connectivity index (χ3n) is 2.25. The first-order chi connectivity index (χ1) is 6.03. The fourth-order valence-electron chi connectivity index (χ4n) is 1.72. The maximum atomic E-state index is 11.3. The van der Waals surface area contributed by atoms with Crippen LogP contribution >= 0.6 is 0 Å². The number of aliphatic hydroxyl groups excluding tert-OH is 1. The second kappa shape index (κ2) is 4.10. The number of hydrogen-bond donors (Lipinski definition) is 1. The summed E-state index contributed by atoms with van der Waals surface area (Å²) in [7, 11) is 0. The molecule has 1 fully saturated rings. The Morgan fingerprint density at radius 2 is 2.00 bits per heavy atom. The summed E-state index contributed by atoms with van der Waals surface area (Å²) in [6.45, 7) is 3.37. The van der Waals surface area contributed by atoms with E-state index in [2.05, 4.69) is 0 Å². The average molecular weight is 273 g/mol. The van der Waals surface area contributed by atoms with E-state index < -0.39 is 11.9 Å². The fraction of sp³-hybridized carbons (Fsp3) is 0.667. The van der Waals surface area contributed by atoms with Gasteiger partial charge in [0, 0.05) is 32.7 Å². The summed E-state index contributed by atoms with van der Waals surface area (Å²) >= 11 is 0. The molecular weight excluding hydrogens is 261 g/mol. The van der Waals surface area contributed by atoms with Crippen LogP contribution in [0.1, 0.15) is 13.8 Å². The van der Waals surface area contributed by atoms with Crippen molar-refractivity contribution in [2.45, 2.75) is 31.8 Å². The van der Waals surface area contributed by atoms with Crippen LogP contribution in [0.15, 0.2) is 11.6 Å². The average Bonchev–Trinajstić information content (AvgIpc) is 2.47. The topological polar surface area (TPSA) is 55.8 Å². The van der Waals surface area contributed by atoms with Gasteiger partial charge >= 0.3 is 0 Å². The monoisotopic (exact) mass is 273 g/mol. The second-order valence-corrected chi connectivity index (χ2v) is 3.76. The predicted molar refractivity (Wildman–Crippen MR) is 44.0 cm³/mol. The van der Waals surface area contributed by atoms with Crippen LogP contribution in [0.2, 0.25) is 0 Å². The molecule has 1 unspecified atom stereocenters. The SMILES string of the molecule is CC1(C)OC2C(=O)C=C(CO)[C@H]2O1.[Y]. The van der Waals surface area contributed by atoms with Crippen LogP contribution in [0.5, 0.6) is 0 Å². The molecule has 1 aliphatic carbocycles. The van der Waals surface area contributed by atoms with Gasteiger partial charge in [-0.3, -0.25) is 4.79 Å². The maximum Gasteiger partial charge on any atom is 0.187 e. The summed E-state index contributed by atoms with van der Waals surface area (Å²) in [4.78, 5) is 11.3. The van der Waals surface area contributed by atoms with E-state index in [0.717, 1.165) is 0 Å². The second-order valence-electron chi connectivity index (χ2n) is 3.76. The normalized spacial score (nSPS) is 33.6. The van der Waals surface area contributed by atoms with Gasteiger partial charge in [-0.05, 0) is 25.5 Å². The Balaban J connectivity index is 0.000000980. The molecule has 1 N–H and O–H groups in total. The van der Waals surface area contributed by atoms with Crippen molar-refractivity contribution < 1.29 is 52.1 Å². The molecule has 1 aliphatic heterocycles. The molecule has 1 heterocycles. The van der Waals surface area contributed by atoms with Gasteiger partial charge in [-0.2, -0.15) is 0 Å². The van der Waals surface area contributed by atoms with Gasteiger partial charge in [0.25, 0.3) is 0 Å². The van der Waals surface area contributed by atoms with Crippen molar-refractivity contribution in [3.63, 3.8) is 0 Å². The van der Waals surface area contributed by atoms with Crippen LogP contribution in [0.3, 0.4) is 0 Å². The number of rotatable bonds is 1. The van der Waals surface area contributed by atoms with Gasteiger partial charge < -0.3 is 14.6 Å². The minimum atomic E-state index is -0.723. The Kier molecular flexibility index (Phi) is 3.65. The number of carbonyl (C=O) groups is 1. The summed E-state index contributed by atoms with van der Waals surface area (Å²) in [5, 5.41) is 8.95. The van der Waals surface area contributed by atoms with Gasteiger partial charge in [0.15, 0.2) is 17.7 Å². The Morgan fingerprint density at radius 3 is 2.57 bits per heavy atom. The predicted octanol–water partition coefficient (Wildman–Crippen LogP) is 0.00540. The van der Waals surface area contributed by atoms with Crippen LogP contribution in [0.4, 0.5) is 0 Å². The number of ether oxygens (including phenoxy) is 2. The summed E-state index contributed by atoms with van der Waals surface area (Å²) in [5.74, 6) is -0.834. The number of hydrogen-bond acceptors (Lipinski definition) is 4. The molecule has 1 radical (unpaired) electrons. The van der Waals surface area contributed by atoms with Crippen LogP contribution in [-0.4, -0.2) is 35.5 Å². The molecule has 2 atom stereocenters. The minimum absolute atomic E-state index is 0. The quantitative estimate of drug-likeness (QED) is 0.731. The number of fused-ring (bicyclic) bond motifs is 1. The summed E-state index contributed by atoms with van der Waals surface area (Å²) < 4.78 is 10.9. The number of carbonyl (C=O) groups excluding carboxylic acids is 1. The van der Waals surface area contributed by atoms with Crippen molar-refractivity contribution in [1.29, 1.82) is 0 Å². The molecule has 14 heavy (non-hydrogen) atoms. The van der Waals surface area contributed by atoms with Crippen molar-refractivity contribution in [2.75, 3.05) is 6.61 Å². The third-order valence-corrected chi connectivity index (χ3v) is 2.25. The first-order valence-corrected chi connectivity index (χ1v) is 4.24. The molecule has 1 saturated heterocycles. The molecule has 2 rings (SSSR count). The van der Waals surface area contributed by atoms with Gasteiger partial charge in [0.2, 0.25) is 0 Å². The van der Waals surface area contributed by atoms with E-state index in [-0.39, 0.29) is 51.2 Å². The summed E-state index contributed by atoms with van der Waals surface area (Å²) in [6, 6.07) is 0. The zero-order valence-electron chi connectivity index (χ0n) is 8.19. The van der Waals surface area contributed by atoms with Crippen LogP contribution in [0, 0.1) is 0 Å². The van der Waals surface area contributed by atoms with Crippen LogP contribution < -0.4 is 0 Å². The van der Waals surface area contributed by atoms with Gasteiger partial charge in [-0.25, -0.2) is 0 Å². The zero-order chi connectivity index (χ0) is 9.64. The molecule has 2 aliphatic rings. The maximum absolute atomic E-state index is 11.3. The molecule has 75 valence electrons. The Morgan fingerprint density at radius 1 is 1.43 bits per heavy atom. The summed E-state index contributed by atoms with van der Waals surface area (Å²) in [6.07, 6.45) is 0.481. The molecule has 4 nitrogen and oxygen atoms in total. The Hall–Kier alpha value is 0.394. The molecule has 0 spiro atoms. The van der Waals surface area contributed by atoms with E-state index in [1.807, 2.05) is 0 Å². The van der Waals surface area contributed by atoms with Gasteiger partial charge in [-0.1, -0.05) is 0 Å². The van der Waals surface area contributed by atoms with Gasteiger partial charge in [0.05, 0.1) is 6.61 Å². The molecule has 0 bridgehead atoms. The van der Waals surface area contributed by atoms with Crippen molar-refractivity contribution in [3.05, 3.63) is 11.6 Å². The first kappa shape index (κ1) is 12.5. The van der Waals surface area contributed by atoms with Crippen molar-refractivity contribution in [1.82, 2.24) is 0 Å². The van der Waals surface area contributed by atoms with E-state index in [9.17, 15) is 4.79 Å². The van der Waals surface area contributed by atoms with Crippen molar-refractivity contribution >= 4 is 5.78 Å².